The summed E-state index contributed by atoms with van der Waals surface area (Å²) >= 11 is 12.0. The Morgan fingerprint density at radius 2 is 1.70 bits per heavy atom. The molecule has 8 nitrogen and oxygen atoms in total. The largest absolute Gasteiger partial charge is 0.368 e. The van der Waals surface area contributed by atoms with Crippen LogP contribution in [0.2, 0.25) is 10.0 Å². The van der Waals surface area contributed by atoms with Crippen LogP contribution in [0.1, 0.15) is 6.42 Å². The lowest BCUT2D eigenvalue weighted by Gasteiger charge is -2.38. The lowest BCUT2D eigenvalue weighted by atomic mass is 10.1. The lowest BCUT2D eigenvalue weighted by Crippen LogP contribution is -2.60. The van der Waals surface area contributed by atoms with E-state index < -0.39 is 12.1 Å². The summed E-state index contributed by atoms with van der Waals surface area (Å²) < 4.78 is 0. The number of amides is 4. The highest BCUT2D eigenvalue weighted by Crippen LogP contribution is 2.25. The van der Waals surface area contributed by atoms with E-state index in [-0.39, 0.29) is 18.2 Å². The van der Waals surface area contributed by atoms with Crippen molar-refractivity contribution in [1.82, 2.24) is 15.1 Å². The molecule has 2 saturated heterocycles. The van der Waals surface area contributed by atoms with E-state index in [4.69, 9.17) is 23.2 Å². The highest BCUT2D eigenvalue weighted by atomic mass is 35.5. The van der Waals surface area contributed by atoms with Gasteiger partial charge in [0.2, 0.25) is 11.8 Å². The van der Waals surface area contributed by atoms with Crippen molar-refractivity contribution in [3.63, 3.8) is 0 Å². The van der Waals surface area contributed by atoms with Crippen LogP contribution in [-0.4, -0.2) is 73.0 Å². The van der Waals surface area contributed by atoms with Gasteiger partial charge in [-0.2, -0.15) is 0 Å². The van der Waals surface area contributed by atoms with Gasteiger partial charge in [0, 0.05) is 50.6 Å². The maximum absolute atomic E-state index is 13.0. The third-order valence-electron chi connectivity index (χ3n) is 5.88. The van der Waals surface area contributed by atoms with Gasteiger partial charge in [-0.15, -0.1) is 0 Å². The topological polar surface area (TPSA) is 85.0 Å². The maximum Gasteiger partial charge on any atom is 0.322 e. The molecule has 0 radical (unpaired) electrons. The molecule has 2 aromatic carbocycles. The maximum atomic E-state index is 13.0. The molecule has 2 aliphatic heterocycles. The summed E-state index contributed by atoms with van der Waals surface area (Å²) in [7, 11) is 0. The van der Waals surface area contributed by atoms with Gasteiger partial charge in [0.15, 0.2) is 0 Å². The van der Waals surface area contributed by atoms with E-state index in [0.29, 0.717) is 55.0 Å². The number of halogens is 2. The molecule has 2 aromatic rings. The number of carbonyl (C=O) groups is 3. The molecule has 2 aliphatic rings. The number of nitrogens with zero attached hydrogens (tertiary/aromatic N) is 3. The van der Waals surface area contributed by atoms with Crippen molar-refractivity contribution in [3.05, 3.63) is 58.6 Å². The van der Waals surface area contributed by atoms with Crippen LogP contribution in [0.4, 0.5) is 16.2 Å². The van der Waals surface area contributed by atoms with E-state index in [1.54, 1.807) is 17.0 Å². The molecule has 4 amide bonds. The molecule has 4 rings (SSSR count). The number of nitrogens with one attached hydrogen (secondary N) is 2. The first-order valence-corrected chi connectivity index (χ1v) is 11.6. The Hall–Kier alpha value is -2.97. The minimum atomic E-state index is -0.874. The van der Waals surface area contributed by atoms with Gasteiger partial charge in [-0.3, -0.25) is 9.59 Å². The molecule has 0 spiro atoms. The van der Waals surface area contributed by atoms with E-state index in [1.165, 1.54) is 11.0 Å². The van der Waals surface area contributed by atoms with Crippen LogP contribution in [0, 0.1) is 0 Å². The monoisotopic (exact) mass is 489 g/mol. The summed E-state index contributed by atoms with van der Waals surface area (Å²) in [6.45, 7) is 3.20. The number of carbonyl (C=O) groups excluding carboxylic acids is 3. The van der Waals surface area contributed by atoms with Gasteiger partial charge in [-0.1, -0.05) is 41.4 Å². The number of hydrogen-bond acceptors (Lipinski definition) is 4. The van der Waals surface area contributed by atoms with Crippen LogP contribution in [0.15, 0.2) is 48.5 Å². The zero-order valence-corrected chi connectivity index (χ0v) is 19.5. The van der Waals surface area contributed by atoms with Crippen LogP contribution in [0.5, 0.6) is 0 Å². The van der Waals surface area contributed by atoms with Crippen molar-refractivity contribution in [3.8, 4) is 0 Å². The normalized spacial score (nSPS) is 18.7. The van der Waals surface area contributed by atoms with Gasteiger partial charge >= 0.3 is 6.03 Å². The Kier molecular flexibility index (Phi) is 7.25. The van der Waals surface area contributed by atoms with Crippen molar-refractivity contribution in [2.45, 2.75) is 12.5 Å². The smallest absolute Gasteiger partial charge is 0.322 e. The predicted octanol–water partition coefficient (Wildman–Crippen LogP) is 3.06. The number of piperazine rings is 2. The van der Waals surface area contributed by atoms with Crippen LogP contribution >= 0.6 is 23.2 Å². The second-order valence-corrected chi connectivity index (χ2v) is 8.78. The Morgan fingerprint density at radius 1 is 0.970 bits per heavy atom. The van der Waals surface area contributed by atoms with Crippen LogP contribution in [0.3, 0.4) is 0 Å². The summed E-state index contributed by atoms with van der Waals surface area (Å²) in [5.41, 5.74) is 1.59. The van der Waals surface area contributed by atoms with E-state index >= 15 is 0 Å². The van der Waals surface area contributed by atoms with E-state index in [2.05, 4.69) is 15.5 Å². The molecule has 0 bridgehead atoms. The Bertz CT molecular complexity index is 1030. The van der Waals surface area contributed by atoms with Gasteiger partial charge < -0.3 is 25.3 Å². The molecule has 33 heavy (non-hydrogen) atoms. The molecule has 0 aliphatic carbocycles. The van der Waals surface area contributed by atoms with Gasteiger partial charge in [0.1, 0.15) is 6.04 Å². The first-order valence-electron chi connectivity index (χ1n) is 10.8. The zero-order valence-electron chi connectivity index (χ0n) is 18.0. The molecule has 2 heterocycles. The fourth-order valence-electron chi connectivity index (χ4n) is 4.08. The predicted molar refractivity (Wildman–Crippen MR) is 129 cm³/mol. The number of rotatable bonds is 4. The van der Waals surface area contributed by atoms with Crippen LogP contribution in [-0.2, 0) is 9.59 Å². The second kappa shape index (κ2) is 10.3. The number of anilines is 2. The molecule has 2 fully saturated rings. The van der Waals surface area contributed by atoms with Crippen LogP contribution < -0.4 is 15.5 Å². The lowest BCUT2D eigenvalue weighted by molar-refractivity contribution is -0.137. The third kappa shape index (κ3) is 5.51. The highest BCUT2D eigenvalue weighted by Gasteiger charge is 2.36. The molecule has 10 heteroatoms. The number of benzene rings is 2. The molecular weight excluding hydrogens is 465 g/mol. The summed E-state index contributed by atoms with van der Waals surface area (Å²) in [6, 6.07) is 13.5. The van der Waals surface area contributed by atoms with E-state index in [0.717, 1.165) is 5.69 Å². The van der Waals surface area contributed by atoms with Crippen molar-refractivity contribution >= 4 is 52.4 Å². The summed E-state index contributed by atoms with van der Waals surface area (Å²) in [5, 5.41) is 6.19. The van der Waals surface area contributed by atoms with Crippen LogP contribution in [0.25, 0.3) is 0 Å². The average Bonchev–Trinajstić information content (AvgIpc) is 2.83. The van der Waals surface area contributed by atoms with E-state index in [9.17, 15) is 14.4 Å². The average molecular weight is 490 g/mol. The van der Waals surface area contributed by atoms with Gasteiger partial charge in [0.25, 0.3) is 0 Å². The summed E-state index contributed by atoms with van der Waals surface area (Å²) in [4.78, 5) is 43.9. The third-order valence-corrected chi connectivity index (χ3v) is 6.62. The number of urea groups is 1. The SMILES string of the molecule is O=C1NCCN(C(=O)Nc2ccc(Cl)c(Cl)c2)C1CC(=O)N1CCN(c2ccccc2)CC1. The summed E-state index contributed by atoms with van der Waals surface area (Å²) in [6.07, 6.45) is -0.0635. The standard InChI is InChI=1S/C23H25Cl2N5O3/c24-18-7-6-16(14-19(18)25)27-23(33)30-9-8-26-22(32)20(30)15-21(31)29-12-10-28(11-13-29)17-4-2-1-3-5-17/h1-7,14,20H,8-13,15H2,(H,26,32)(H,27,33). The van der Waals surface area contributed by atoms with Crippen molar-refractivity contribution < 1.29 is 14.4 Å². The number of hydrogen-bond donors (Lipinski definition) is 2. The minimum Gasteiger partial charge on any atom is -0.368 e. The van der Waals surface area contributed by atoms with E-state index in [1.807, 2.05) is 30.3 Å². The molecular formula is C23H25Cl2N5O3. The highest BCUT2D eigenvalue weighted by molar-refractivity contribution is 6.42. The van der Waals surface area contributed by atoms with Gasteiger partial charge in [-0.25, -0.2) is 4.79 Å². The Morgan fingerprint density at radius 3 is 2.39 bits per heavy atom. The zero-order chi connectivity index (χ0) is 23.4. The van der Waals surface area contributed by atoms with Crippen molar-refractivity contribution in [2.75, 3.05) is 49.5 Å². The van der Waals surface area contributed by atoms with Crippen molar-refractivity contribution in [1.29, 1.82) is 0 Å². The molecule has 2 N–H and O–H groups in total. The molecule has 1 atom stereocenters. The first kappa shape index (κ1) is 23.2. The quantitative estimate of drug-likeness (QED) is 0.690. The fourth-order valence-corrected chi connectivity index (χ4v) is 4.38. The Balaban J connectivity index is 1.37. The van der Waals surface area contributed by atoms with Gasteiger partial charge in [0.05, 0.1) is 16.5 Å². The fraction of sp³-hybridized carbons (Fsp3) is 0.348. The van der Waals surface area contributed by atoms with Gasteiger partial charge in [-0.05, 0) is 30.3 Å². The van der Waals surface area contributed by atoms with Crippen molar-refractivity contribution in [2.24, 2.45) is 0 Å². The minimum absolute atomic E-state index is 0.0635. The second-order valence-electron chi connectivity index (χ2n) is 7.97. The molecule has 0 aromatic heterocycles. The Labute approximate surface area is 202 Å². The number of para-hydroxylation sites is 1. The first-order chi connectivity index (χ1) is 15.9. The molecule has 1 unspecified atom stereocenters. The molecule has 0 saturated carbocycles. The molecule has 174 valence electrons. The summed E-state index contributed by atoms with van der Waals surface area (Å²) in [5.74, 6) is -0.473.